The van der Waals surface area contributed by atoms with Gasteiger partial charge in [0, 0.05) is 16.7 Å². The number of halogens is 4. The summed E-state index contributed by atoms with van der Waals surface area (Å²) in [6, 6.07) is 3.73. The zero-order valence-corrected chi connectivity index (χ0v) is 12.4. The molecule has 0 atom stereocenters. The Kier molecular flexibility index (Phi) is 5.26. The van der Waals surface area contributed by atoms with Crippen molar-refractivity contribution in [2.75, 3.05) is 11.9 Å². The second-order valence-corrected chi connectivity index (χ2v) is 5.39. The highest BCUT2D eigenvalue weighted by atomic mass is 79.9. The number of hydrogen-bond acceptors (Lipinski definition) is 2. The van der Waals surface area contributed by atoms with Gasteiger partial charge < -0.3 is 10.4 Å². The molecule has 0 unspecified atom stereocenters. The highest BCUT2D eigenvalue weighted by molar-refractivity contribution is 9.10. The van der Waals surface area contributed by atoms with Crippen LogP contribution in [0.2, 0.25) is 0 Å². The Morgan fingerprint density at radius 2 is 1.79 bits per heavy atom. The Labute approximate surface area is 119 Å². The van der Waals surface area contributed by atoms with Gasteiger partial charge in [-0.05, 0) is 31.0 Å². The van der Waals surface area contributed by atoms with Crippen LogP contribution in [-0.2, 0) is 6.18 Å². The maximum atomic E-state index is 12.8. The largest absolute Gasteiger partial charge is 0.418 e. The molecule has 6 heteroatoms. The molecule has 0 spiro atoms. The molecule has 0 saturated carbocycles. The average molecular weight is 340 g/mol. The van der Waals surface area contributed by atoms with Gasteiger partial charge in [0.05, 0.1) is 11.2 Å². The van der Waals surface area contributed by atoms with Gasteiger partial charge in [0.25, 0.3) is 0 Å². The van der Waals surface area contributed by atoms with Crippen LogP contribution in [0.3, 0.4) is 0 Å². The lowest BCUT2D eigenvalue weighted by Crippen LogP contribution is -2.35. The van der Waals surface area contributed by atoms with Crippen molar-refractivity contribution in [1.29, 1.82) is 0 Å². The number of benzene rings is 1. The summed E-state index contributed by atoms with van der Waals surface area (Å²) in [5.74, 6) is 0. The SMILES string of the molecule is CCC(O)(CC)CNc1cc(Br)ccc1C(F)(F)F. The second-order valence-electron chi connectivity index (χ2n) is 4.47. The van der Waals surface area contributed by atoms with Gasteiger partial charge >= 0.3 is 6.18 Å². The molecular formula is C13H17BrF3NO. The molecule has 1 rings (SSSR count). The van der Waals surface area contributed by atoms with Crippen molar-refractivity contribution in [3.05, 3.63) is 28.2 Å². The van der Waals surface area contributed by atoms with Crippen LogP contribution in [-0.4, -0.2) is 17.3 Å². The molecule has 2 nitrogen and oxygen atoms in total. The quantitative estimate of drug-likeness (QED) is 0.831. The molecule has 0 aliphatic heterocycles. The standard InChI is InChI=1S/C13H17BrF3NO/c1-3-12(19,4-2)8-18-11-7-9(14)5-6-10(11)13(15,16)17/h5-7,18-19H,3-4,8H2,1-2H3. The van der Waals surface area contributed by atoms with E-state index in [9.17, 15) is 18.3 Å². The predicted octanol–water partition coefficient (Wildman–Crippen LogP) is 4.43. The summed E-state index contributed by atoms with van der Waals surface area (Å²) in [6.07, 6.45) is -3.46. The van der Waals surface area contributed by atoms with Gasteiger partial charge in [-0.15, -0.1) is 0 Å². The number of aliphatic hydroxyl groups is 1. The summed E-state index contributed by atoms with van der Waals surface area (Å²) in [7, 11) is 0. The zero-order chi connectivity index (χ0) is 14.7. The van der Waals surface area contributed by atoms with E-state index >= 15 is 0 Å². The first-order valence-corrected chi connectivity index (χ1v) is 6.84. The lowest BCUT2D eigenvalue weighted by atomic mass is 9.97. The van der Waals surface area contributed by atoms with Crippen LogP contribution in [0.1, 0.15) is 32.3 Å². The van der Waals surface area contributed by atoms with Crippen LogP contribution in [0.4, 0.5) is 18.9 Å². The number of hydrogen-bond donors (Lipinski definition) is 2. The monoisotopic (exact) mass is 339 g/mol. The van der Waals surface area contributed by atoms with Crippen LogP contribution in [0, 0.1) is 0 Å². The molecule has 0 aliphatic rings. The number of alkyl halides is 3. The van der Waals surface area contributed by atoms with E-state index in [1.54, 1.807) is 13.8 Å². The highest BCUT2D eigenvalue weighted by Gasteiger charge is 2.34. The van der Waals surface area contributed by atoms with Gasteiger partial charge in [-0.3, -0.25) is 0 Å². The minimum absolute atomic E-state index is 0.0257. The van der Waals surface area contributed by atoms with Gasteiger partial charge in [0.15, 0.2) is 0 Å². The molecule has 0 radical (unpaired) electrons. The van der Waals surface area contributed by atoms with E-state index in [1.807, 2.05) is 0 Å². The maximum absolute atomic E-state index is 12.8. The fourth-order valence-corrected chi connectivity index (χ4v) is 2.03. The predicted molar refractivity (Wildman–Crippen MR) is 73.2 cm³/mol. The molecule has 0 aliphatic carbocycles. The lowest BCUT2D eigenvalue weighted by Gasteiger charge is -2.27. The second kappa shape index (κ2) is 6.13. The third-order valence-electron chi connectivity index (χ3n) is 3.21. The van der Waals surface area contributed by atoms with E-state index in [0.717, 1.165) is 6.07 Å². The minimum Gasteiger partial charge on any atom is -0.388 e. The summed E-state index contributed by atoms with van der Waals surface area (Å²) in [5.41, 5.74) is -1.75. The van der Waals surface area contributed by atoms with Crippen molar-refractivity contribution >= 4 is 21.6 Å². The van der Waals surface area contributed by atoms with Gasteiger partial charge in [-0.25, -0.2) is 0 Å². The van der Waals surface area contributed by atoms with Crippen molar-refractivity contribution in [1.82, 2.24) is 0 Å². The topological polar surface area (TPSA) is 32.3 Å². The molecule has 108 valence electrons. The van der Waals surface area contributed by atoms with Crippen LogP contribution in [0.5, 0.6) is 0 Å². The molecule has 1 aromatic rings. The summed E-state index contributed by atoms with van der Waals surface area (Å²) in [4.78, 5) is 0. The van der Waals surface area contributed by atoms with Crippen molar-refractivity contribution in [3.63, 3.8) is 0 Å². The summed E-state index contributed by atoms with van der Waals surface area (Å²) < 4.78 is 39.1. The molecule has 0 saturated heterocycles. The maximum Gasteiger partial charge on any atom is 0.418 e. The van der Waals surface area contributed by atoms with E-state index < -0.39 is 17.3 Å². The molecule has 0 fully saturated rings. The molecule has 2 N–H and O–H groups in total. The minimum atomic E-state index is -4.42. The summed E-state index contributed by atoms with van der Waals surface area (Å²) >= 11 is 3.15. The zero-order valence-electron chi connectivity index (χ0n) is 10.8. The van der Waals surface area contributed by atoms with E-state index in [2.05, 4.69) is 21.2 Å². The Bertz CT molecular complexity index is 430. The molecule has 0 heterocycles. The van der Waals surface area contributed by atoms with Gasteiger partial charge in [-0.2, -0.15) is 13.2 Å². The Morgan fingerprint density at radius 3 is 2.26 bits per heavy atom. The molecule has 1 aromatic carbocycles. The van der Waals surface area contributed by atoms with Gasteiger partial charge in [-0.1, -0.05) is 29.8 Å². The summed E-state index contributed by atoms with van der Waals surface area (Å²) in [5, 5.41) is 12.8. The van der Waals surface area contributed by atoms with Crippen molar-refractivity contribution in [2.24, 2.45) is 0 Å². The van der Waals surface area contributed by atoms with E-state index in [4.69, 9.17) is 0 Å². The third-order valence-corrected chi connectivity index (χ3v) is 3.70. The molecule has 0 amide bonds. The van der Waals surface area contributed by atoms with Crippen LogP contribution in [0.15, 0.2) is 22.7 Å². The normalized spacial score (nSPS) is 12.6. The molecule has 0 aromatic heterocycles. The fourth-order valence-electron chi connectivity index (χ4n) is 1.67. The van der Waals surface area contributed by atoms with E-state index in [0.29, 0.717) is 17.3 Å². The number of nitrogens with one attached hydrogen (secondary N) is 1. The molecule has 19 heavy (non-hydrogen) atoms. The van der Waals surface area contributed by atoms with Crippen molar-refractivity contribution in [3.8, 4) is 0 Å². The van der Waals surface area contributed by atoms with Crippen molar-refractivity contribution in [2.45, 2.75) is 38.5 Å². The first-order valence-electron chi connectivity index (χ1n) is 6.05. The van der Waals surface area contributed by atoms with Crippen LogP contribution >= 0.6 is 15.9 Å². The first kappa shape index (κ1) is 16.3. The Hall–Kier alpha value is -0.750. The van der Waals surface area contributed by atoms with Gasteiger partial charge in [0.2, 0.25) is 0 Å². The smallest absolute Gasteiger partial charge is 0.388 e. The molecule has 0 bridgehead atoms. The lowest BCUT2D eigenvalue weighted by molar-refractivity contribution is -0.137. The Balaban J connectivity index is 2.97. The number of anilines is 1. The average Bonchev–Trinajstić information content (AvgIpc) is 2.34. The Morgan fingerprint density at radius 1 is 1.21 bits per heavy atom. The van der Waals surface area contributed by atoms with E-state index in [-0.39, 0.29) is 12.2 Å². The third kappa shape index (κ3) is 4.38. The first-order chi connectivity index (χ1) is 8.72. The van der Waals surface area contributed by atoms with Crippen LogP contribution in [0.25, 0.3) is 0 Å². The highest BCUT2D eigenvalue weighted by Crippen LogP contribution is 2.36. The van der Waals surface area contributed by atoms with Crippen molar-refractivity contribution < 1.29 is 18.3 Å². The van der Waals surface area contributed by atoms with Crippen LogP contribution < -0.4 is 5.32 Å². The number of rotatable bonds is 5. The van der Waals surface area contributed by atoms with E-state index in [1.165, 1.54) is 12.1 Å². The fraction of sp³-hybridized carbons (Fsp3) is 0.538. The molecular weight excluding hydrogens is 323 g/mol. The summed E-state index contributed by atoms with van der Waals surface area (Å²) in [6.45, 7) is 3.69. The van der Waals surface area contributed by atoms with Gasteiger partial charge in [0.1, 0.15) is 0 Å².